The van der Waals surface area contributed by atoms with E-state index in [1.807, 2.05) is 42.7 Å². The Morgan fingerprint density at radius 2 is 1.85 bits per heavy atom. The maximum absolute atomic E-state index is 13.2. The van der Waals surface area contributed by atoms with Gasteiger partial charge in [0.25, 0.3) is 0 Å². The second kappa shape index (κ2) is 7.97. The lowest BCUT2D eigenvalue weighted by Gasteiger charge is -2.34. The highest BCUT2D eigenvalue weighted by Crippen LogP contribution is 2.35. The molecule has 1 aromatic rings. The van der Waals surface area contributed by atoms with E-state index in [1.54, 1.807) is 0 Å². The zero-order valence-electron chi connectivity index (χ0n) is 16.6. The van der Waals surface area contributed by atoms with Crippen LogP contribution in [0.4, 0.5) is 4.39 Å². The first kappa shape index (κ1) is 19.8. The molecule has 0 radical (unpaired) electrons. The molecular formula is C21H30FN3O2. The summed E-state index contributed by atoms with van der Waals surface area (Å²) in [5.41, 5.74) is 0.820. The molecule has 1 atom stereocenters. The van der Waals surface area contributed by atoms with Gasteiger partial charge in [-0.25, -0.2) is 4.39 Å². The molecule has 1 unspecified atom stereocenters. The van der Waals surface area contributed by atoms with Crippen LogP contribution >= 0.6 is 0 Å². The fourth-order valence-electron chi connectivity index (χ4n) is 4.37. The van der Waals surface area contributed by atoms with Gasteiger partial charge in [-0.05, 0) is 24.6 Å². The molecule has 1 spiro atoms. The van der Waals surface area contributed by atoms with Gasteiger partial charge >= 0.3 is 0 Å². The average Bonchev–Trinajstić information content (AvgIpc) is 2.83. The summed E-state index contributed by atoms with van der Waals surface area (Å²) in [7, 11) is 0. The molecule has 1 aromatic carbocycles. The fourth-order valence-corrected chi connectivity index (χ4v) is 4.37. The number of hydrogen-bond acceptors (Lipinski definition) is 3. The molecule has 0 bridgehead atoms. The van der Waals surface area contributed by atoms with E-state index in [-0.39, 0.29) is 29.0 Å². The summed E-state index contributed by atoms with van der Waals surface area (Å²) < 4.78 is 13.2. The van der Waals surface area contributed by atoms with Crippen molar-refractivity contribution < 1.29 is 14.0 Å². The summed E-state index contributed by atoms with van der Waals surface area (Å²) in [6, 6.07) is 6.58. The monoisotopic (exact) mass is 375 g/mol. The van der Waals surface area contributed by atoms with Gasteiger partial charge in [0.15, 0.2) is 0 Å². The standard InChI is InChI=1S/C21H30FN3O2/c1-4-24-14-21(11-19(24)26)13-23(12-17-5-7-18(22)8-6-17)9-10-25(15-21)20(27)16(2)3/h5-8,16H,4,9-15H2,1-3H3. The van der Waals surface area contributed by atoms with Gasteiger partial charge in [0, 0.05) is 63.6 Å². The molecule has 2 aliphatic heterocycles. The minimum atomic E-state index is -0.236. The van der Waals surface area contributed by atoms with Crippen LogP contribution in [0.15, 0.2) is 24.3 Å². The van der Waals surface area contributed by atoms with Gasteiger partial charge in [-0.15, -0.1) is 0 Å². The molecule has 3 rings (SSSR count). The Hall–Kier alpha value is -1.95. The predicted molar refractivity (Wildman–Crippen MR) is 102 cm³/mol. The SMILES string of the molecule is CCN1CC2(CC1=O)CN(Cc1ccc(F)cc1)CCN(C(=O)C(C)C)C2. The van der Waals surface area contributed by atoms with Crippen molar-refractivity contribution in [2.45, 2.75) is 33.7 Å². The molecule has 2 amide bonds. The lowest BCUT2D eigenvalue weighted by atomic mass is 9.85. The number of hydrogen-bond donors (Lipinski definition) is 0. The van der Waals surface area contributed by atoms with Crippen LogP contribution in [-0.2, 0) is 16.1 Å². The molecular weight excluding hydrogens is 345 g/mol. The molecule has 0 aromatic heterocycles. The molecule has 2 heterocycles. The van der Waals surface area contributed by atoms with Crippen LogP contribution in [0.5, 0.6) is 0 Å². The van der Waals surface area contributed by atoms with E-state index in [2.05, 4.69) is 4.90 Å². The van der Waals surface area contributed by atoms with Gasteiger partial charge in [-0.2, -0.15) is 0 Å². The maximum atomic E-state index is 13.2. The third-order valence-corrected chi connectivity index (χ3v) is 5.68. The van der Waals surface area contributed by atoms with Crippen molar-refractivity contribution >= 4 is 11.8 Å². The smallest absolute Gasteiger partial charge is 0.225 e. The van der Waals surface area contributed by atoms with Crippen LogP contribution in [0.2, 0.25) is 0 Å². The highest BCUT2D eigenvalue weighted by atomic mass is 19.1. The third kappa shape index (κ3) is 4.49. The third-order valence-electron chi connectivity index (χ3n) is 5.68. The van der Waals surface area contributed by atoms with E-state index in [9.17, 15) is 14.0 Å². The van der Waals surface area contributed by atoms with Crippen molar-refractivity contribution in [1.82, 2.24) is 14.7 Å². The van der Waals surface area contributed by atoms with Crippen LogP contribution in [0.25, 0.3) is 0 Å². The minimum Gasteiger partial charge on any atom is -0.342 e. The quantitative estimate of drug-likeness (QED) is 0.812. The van der Waals surface area contributed by atoms with E-state index in [0.717, 1.165) is 18.7 Å². The van der Waals surface area contributed by atoms with Gasteiger partial charge in [-0.3, -0.25) is 14.5 Å². The lowest BCUT2D eigenvalue weighted by Crippen LogP contribution is -2.45. The molecule has 0 N–H and O–H groups in total. The topological polar surface area (TPSA) is 43.9 Å². The zero-order chi connectivity index (χ0) is 19.6. The van der Waals surface area contributed by atoms with Crippen LogP contribution in [0.3, 0.4) is 0 Å². The number of carbonyl (C=O) groups excluding carboxylic acids is 2. The first-order chi connectivity index (χ1) is 12.8. The molecule has 0 saturated carbocycles. The van der Waals surface area contributed by atoms with Crippen molar-refractivity contribution in [1.29, 1.82) is 0 Å². The van der Waals surface area contributed by atoms with Crippen molar-refractivity contribution in [3.63, 3.8) is 0 Å². The van der Waals surface area contributed by atoms with Crippen molar-refractivity contribution in [3.8, 4) is 0 Å². The Kier molecular flexibility index (Phi) is 5.84. The average molecular weight is 375 g/mol. The first-order valence-electron chi connectivity index (χ1n) is 9.85. The van der Waals surface area contributed by atoms with E-state index in [1.165, 1.54) is 12.1 Å². The Balaban J connectivity index is 1.82. The highest BCUT2D eigenvalue weighted by molar-refractivity contribution is 5.81. The van der Waals surface area contributed by atoms with Gasteiger partial charge in [0.1, 0.15) is 5.82 Å². The van der Waals surface area contributed by atoms with Gasteiger partial charge < -0.3 is 9.80 Å². The summed E-state index contributed by atoms with van der Waals surface area (Å²) in [4.78, 5) is 31.3. The number of rotatable bonds is 4. The molecule has 2 fully saturated rings. The summed E-state index contributed by atoms with van der Waals surface area (Å²) in [5, 5.41) is 0. The van der Waals surface area contributed by atoms with Gasteiger partial charge in [0.05, 0.1) is 0 Å². The van der Waals surface area contributed by atoms with Crippen LogP contribution in [0, 0.1) is 17.2 Å². The van der Waals surface area contributed by atoms with Gasteiger partial charge in [0.2, 0.25) is 11.8 Å². The number of carbonyl (C=O) groups is 2. The number of amides is 2. The second-order valence-electron chi connectivity index (χ2n) is 8.34. The predicted octanol–water partition coefficient (Wildman–Crippen LogP) is 2.36. The van der Waals surface area contributed by atoms with Crippen molar-refractivity contribution in [2.75, 3.05) is 39.3 Å². The normalized spacial score (nSPS) is 24.1. The van der Waals surface area contributed by atoms with Gasteiger partial charge in [-0.1, -0.05) is 26.0 Å². The van der Waals surface area contributed by atoms with Crippen molar-refractivity contribution in [2.24, 2.45) is 11.3 Å². The molecule has 2 aliphatic rings. The van der Waals surface area contributed by atoms with Crippen LogP contribution in [0.1, 0.15) is 32.8 Å². The van der Waals surface area contributed by atoms with Crippen LogP contribution < -0.4 is 0 Å². The summed E-state index contributed by atoms with van der Waals surface area (Å²) in [5.74, 6) is 0.0448. The molecule has 27 heavy (non-hydrogen) atoms. The first-order valence-corrected chi connectivity index (χ1v) is 9.85. The fraction of sp³-hybridized carbons (Fsp3) is 0.619. The van der Waals surface area contributed by atoms with Crippen LogP contribution in [-0.4, -0.2) is 65.8 Å². The number of benzene rings is 1. The van der Waals surface area contributed by atoms with E-state index >= 15 is 0 Å². The molecule has 5 nitrogen and oxygen atoms in total. The Bertz CT molecular complexity index is 691. The van der Waals surface area contributed by atoms with E-state index in [0.29, 0.717) is 39.1 Å². The molecule has 2 saturated heterocycles. The number of halogens is 1. The van der Waals surface area contributed by atoms with E-state index < -0.39 is 0 Å². The number of nitrogens with zero attached hydrogens (tertiary/aromatic N) is 3. The van der Waals surface area contributed by atoms with Crippen molar-refractivity contribution in [3.05, 3.63) is 35.6 Å². The molecule has 6 heteroatoms. The molecule has 0 aliphatic carbocycles. The molecule has 148 valence electrons. The summed E-state index contributed by atoms with van der Waals surface area (Å²) in [6.07, 6.45) is 0.489. The largest absolute Gasteiger partial charge is 0.342 e. The Morgan fingerprint density at radius 3 is 2.44 bits per heavy atom. The minimum absolute atomic E-state index is 0.0509. The second-order valence-corrected chi connectivity index (χ2v) is 8.34. The Labute approximate surface area is 161 Å². The zero-order valence-corrected chi connectivity index (χ0v) is 16.6. The Morgan fingerprint density at radius 1 is 1.15 bits per heavy atom. The lowest BCUT2D eigenvalue weighted by molar-refractivity contribution is -0.135. The highest BCUT2D eigenvalue weighted by Gasteiger charge is 2.46. The summed E-state index contributed by atoms with van der Waals surface area (Å²) in [6.45, 7) is 10.8. The van der Waals surface area contributed by atoms with E-state index in [4.69, 9.17) is 0 Å². The maximum Gasteiger partial charge on any atom is 0.225 e. The summed E-state index contributed by atoms with van der Waals surface area (Å²) >= 11 is 0. The number of likely N-dealkylation sites (tertiary alicyclic amines) is 1.